The molecule has 0 atom stereocenters. The number of aromatic amines is 1. The van der Waals surface area contributed by atoms with Crippen LogP contribution in [0.25, 0.3) is 11.0 Å². The van der Waals surface area contributed by atoms with Crippen molar-refractivity contribution in [2.24, 2.45) is 0 Å². The second-order valence-corrected chi connectivity index (χ2v) is 6.05. The van der Waals surface area contributed by atoms with Crippen LogP contribution >= 0.6 is 0 Å². The molecule has 0 aliphatic rings. The average molecular weight is 302 g/mol. The Kier molecular flexibility index (Phi) is 3.19. The Morgan fingerprint density at radius 3 is 2.57 bits per heavy atom. The number of hydrogen-bond acceptors (Lipinski definition) is 5. The maximum absolute atomic E-state index is 12.0. The van der Waals surface area contributed by atoms with Gasteiger partial charge in [-0.05, 0) is 24.3 Å². The second kappa shape index (κ2) is 5.02. The van der Waals surface area contributed by atoms with Crippen molar-refractivity contribution < 1.29 is 17.9 Å². The van der Waals surface area contributed by atoms with Crippen LogP contribution in [-0.2, 0) is 9.84 Å². The lowest BCUT2D eigenvalue weighted by Crippen LogP contribution is -2.19. The lowest BCUT2D eigenvalue weighted by molar-refractivity contribution is 0.222. The normalized spacial score (nSPS) is 11.4. The molecule has 0 aliphatic heterocycles. The molecule has 3 aromatic rings. The third-order valence-corrected chi connectivity index (χ3v) is 4.25. The Morgan fingerprint density at radius 2 is 1.86 bits per heavy atom. The first-order chi connectivity index (χ1) is 10.1. The van der Waals surface area contributed by atoms with Gasteiger partial charge in [0.15, 0.2) is 0 Å². The van der Waals surface area contributed by atoms with Crippen LogP contribution in [0.3, 0.4) is 0 Å². The van der Waals surface area contributed by atoms with Gasteiger partial charge in [0, 0.05) is 17.6 Å². The molecule has 7 heteroatoms. The van der Waals surface area contributed by atoms with Gasteiger partial charge in [-0.15, -0.1) is 0 Å². The Hall–Kier alpha value is -2.67. The quantitative estimate of drug-likeness (QED) is 0.735. The minimum atomic E-state index is -4.18. The molecule has 2 heterocycles. The lowest BCUT2D eigenvalue weighted by Gasteiger charge is -2.03. The number of pyridine rings is 1. The van der Waals surface area contributed by atoms with E-state index < -0.39 is 15.1 Å². The highest BCUT2D eigenvalue weighted by atomic mass is 32.2. The van der Waals surface area contributed by atoms with Crippen LogP contribution in [0.2, 0.25) is 0 Å². The molecule has 0 spiro atoms. The highest BCUT2D eigenvalue weighted by Gasteiger charge is 2.27. The fourth-order valence-corrected chi connectivity index (χ4v) is 2.74. The summed E-state index contributed by atoms with van der Waals surface area (Å²) in [5.74, 6) is 0.0354. The first-order valence-electron chi connectivity index (χ1n) is 6.03. The minimum absolute atomic E-state index is 0.0354. The van der Waals surface area contributed by atoms with E-state index in [-0.39, 0.29) is 10.8 Å². The minimum Gasteiger partial charge on any atom is -0.398 e. The van der Waals surface area contributed by atoms with E-state index in [1.165, 1.54) is 30.3 Å². The van der Waals surface area contributed by atoms with Crippen molar-refractivity contribution in [1.82, 2.24) is 9.97 Å². The lowest BCUT2D eigenvalue weighted by atomic mass is 10.3. The number of nitrogens with one attached hydrogen (secondary N) is 1. The molecule has 0 aliphatic carbocycles. The van der Waals surface area contributed by atoms with Gasteiger partial charge < -0.3 is 9.72 Å². The third kappa shape index (κ3) is 2.50. The summed E-state index contributed by atoms with van der Waals surface area (Å²) in [4.78, 5) is 18.5. The van der Waals surface area contributed by atoms with Crippen molar-refractivity contribution in [3.63, 3.8) is 0 Å². The summed E-state index contributed by atoms with van der Waals surface area (Å²) in [6.45, 7) is 0. The standard InChI is InChI=1S/C14H10N2O4S/c17-14(21(18,19)11-6-2-1-3-7-11)20-12-9-10-5-4-8-15-13(10)16-12/h1-9H,(H,15,16). The number of H-pyrrole nitrogens is 1. The Morgan fingerprint density at radius 1 is 1.10 bits per heavy atom. The van der Waals surface area contributed by atoms with Gasteiger partial charge in [0.05, 0.1) is 4.90 Å². The van der Waals surface area contributed by atoms with Gasteiger partial charge in [-0.1, -0.05) is 18.2 Å². The topological polar surface area (TPSA) is 89.1 Å². The van der Waals surface area contributed by atoms with Gasteiger partial charge >= 0.3 is 5.30 Å². The molecule has 6 nitrogen and oxygen atoms in total. The van der Waals surface area contributed by atoms with Gasteiger partial charge in [-0.3, -0.25) is 0 Å². The SMILES string of the molecule is O=C(Oc1cc2cccnc2[nH]1)S(=O)(=O)c1ccccc1. The molecule has 0 saturated heterocycles. The van der Waals surface area contributed by atoms with Crippen LogP contribution in [0.15, 0.2) is 59.6 Å². The van der Waals surface area contributed by atoms with E-state index >= 15 is 0 Å². The molecule has 0 bridgehead atoms. The molecule has 0 fully saturated rings. The molecule has 3 rings (SSSR count). The van der Waals surface area contributed by atoms with Crippen LogP contribution in [-0.4, -0.2) is 23.7 Å². The largest absolute Gasteiger partial charge is 0.436 e. The van der Waals surface area contributed by atoms with Gasteiger partial charge in [-0.25, -0.2) is 18.2 Å². The van der Waals surface area contributed by atoms with E-state index in [0.29, 0.717) is 5.65 Å². The molecule has 21 heavy (non-hydrogen) atoms. The number of carbonyl (C=O) groups is 1. The zero-order valence-electron chi connectivity index (χ0n) is 10.7. The van der Waals surface area contributed by atoms with Crippen LogP contribution in [0.4, 0.5) is 4.79 Å². The summed E-state index contributed by atoms with van der Waals surface area (Å²) >= 11 is 0. The number of aromatic nitrogens is 2. The van der Waals surface area contributed by atoms with E-state index in [0.717, 1.165) is 5.39 Å². The summed E-state index contributed by atoms with van der Waals surface area (Å²) in [7, 11) is -4.18. The molecule has 2 aromatic heterocycles. The number of nitrogens with zero attached hydrogens (tertiary/aromatic N) is 1. The number of rotatable bonds is 2. The fourth-order valence-electron chi connectivity index (χ4n) is 1.83. The number of carbonyl (C=O) groups excluding carboxylic acids is 1. The molecule has 0 unspecified atom stereocenters. The predicted octanol–water partition coefficient (Wildman–Crippen LogP) is 2.54. The highest BCUT2D eigenvalue weighted by molar-refractivity contribution is 8.05. The number of ether oxygens (including phenoxy) is 1. The maximum Gasteiger partial charge on any atom is 0.436 e. The molecule has 0 saturated carbocycles. The summed E-state index contributed by atoms with van der Waals surface area (Å²) in [5, 5.41) is -0.613. The van der Waals surface area contributed by atoms with E-state index in [4.69, 9.17) is 4.74 Å². The van der Waals surface area contributed by atoms with Crippen molar-refractivity contribution >= 4 is 26.2 Å². The average Bonchev–Trinajstić information content (AvgIpc) is 2.90. The van der Waals surface area contributed by atoms with Crippen LogP contribution in [0.5, 0.6) is 5.88 Å². The molecule has 1 aromatic carbocycles. The van der Waals surface area contributed by atoms with E-state index in [1.54, 1.807) is 24.4 Å². The zero-order chi connectivity index (χ0) is 14.9. The first kappa shape index (κ1) is 13.3. The zero-order valence-corrected chi connectivity index (χ0v) is 11.5. The first-order valence-corrected chi connectivity index (χ1v) is 7.51. The summed E-state index contributed by atoms with van der Waals surface area (Å²) in [5.41, 5.74) is 0.511. The van der Waals surface area contributed by atoms with Gasteiger partial charge in [-0.2, -0.15) is 0 Å². The second-order valence-electron chi connectivity index (χ2n) is 4.24. The van der Waals surface area contributed by atoms with Crippen LogP contribution in [0, 0.1) is 0 Å². The van der Waals surface area contributed by atoms with Gasteiger partial charge in [0.2, 0.25) is 5.88 Å². The molecular formula is C14H10N2O4S. The van der Waals surface area contributed by atoms with Gasteiger partial charge in [0.1, 0.15) is 5.65 Å². The molecule has 0 radical (unpaired) electrons. The van der Waals surface area contributed by atoms with Crippen LogP contribution < -0.4 is 4.74 Å². The van der Waals surface area contributed by atoms with Crippen molar-refractivity contribution in [3.8, 4) is 5.88 Å². The smallest absolute Gasteiger partial charge is 0.398 e. The van der Waals surface area contributed by atoms with E-state index in [1.807, 2.05) is 0 Å². The molecule has 106 valence electrons. The fraction of sp³-hybridized carbons (Fsp3) is 0. The van der Waals surface area contributed by atoms with Crippen molar-refractivity contribution in [3.05, 3.63) is 54.7 Å². The summed E-state index contributed by atoms with van der Waals surface area (Å²) < 4.78 is 29.0. The van der Waals surface area contributed by atoms with E-state index in [9.17, 15) is 13.2 Å². The predicted molar refractivity (Wildman–Crippen MR) is 75.7 cm³/mol. The summed E-state index contributed by atoms with van der Waals surface area (Å²) in [6.07, 6.45) is 1.57. The number of benzene rings is 1. The Bertz CT molecular complexity index is 868. The molecular weight excluding hydrogens is 292 g/mol. The number of fused-ring (bicyclic) bond motifs is 1. The highest BCUT2D eigenvalue weighted by Crippen LogP contribution is 2.20. The monoisotopic (exact) mass is 302 g/mol. The van der Waals surface area contributed by atoms with Crippen LogP contribution in [0.1, 0.15) is 0 Å². The number of hydrogen-bond donors (Lipinski definition) is 1. The molecule has 1 N–H and O–H groups in total. The van der Waals surface area contributed by atoms with Gasteiger partial charge in [0.25, 0.3) is 9.84 Å². The van der Waals surface area contributed by atoms with E-state index in [2.05, 4.69) is 9.97 Å². The number of sulfone groups is 1. The Balaban J connectivity index is 1.89. The van der Waals surface area contributed by atoms with Crippen molar-refractivity contribution in [2.45, 2.75) is 4.90 Å². The van der Waals surface area contributed by atoms with Crippen molar-refractivity contribution in [2.75, 3.05) is 0 Å². The van der Waals surface area contributed by atoms with Crippen molar-refractivity contribution in [1.29, 1.82) is 0 Å². The third-order valence-electron chi connectivity index (χ3n) is 2.83. The Labute approximate surface area is 120 Å². The summed E-state index contributed by atoms with van der Waals surface area (Å²) in [6, 6.07) is 12.4. The molecule has 0 amide bonds. The maximum atomic E-state index is 12.0.